The second kappa shape index (κ2) is 7.30. The van der Waals surface area contributed by atoms with Crippen LogP contribution in [0, 0.1) is 11.8 Å². The van der Waals surface area contributed by atoms with Crippen molar-refractivity contribution >= 4 is 0 Å². The zero-order valence-electron chi connectivity index (χ0n) is 13.5. The van der Waals surface area contributed by atoms with Crippen LogP contribution < -0.4 is 11.0 Å². The highest BCUT2D eigenvalue weighted by atomic mass is 16.2. The zero-order valence-corrected chi connectivity index (χ0v) is 13.5. The quantitative estimate of drug-likeness (QED) is 0.881. The Balaban J connectivity index is 2.05. The molecule has 0 unspecified atom stereocenters. The van der Waals surface area contributed by atoms with E-state index in [0.717, 1.165) is 43.9 Å². The molecule has 2 aromatic rings. The number of aromatic nitrogens is 3. The third kappa shape index (κ3) is 3.38. The topological polar surface area (TPSA) is 51.9 Å². The standard InChI is InChI=1S/C18H22N4O/c1-2-3-7-13-21-18(23)22(16-10-5-4-6-11-16)17(20-21)15-9-8-12-19-14-15/h4-6,10-11,15,19H,2,8-9,12-14H2,1H3/t15-/m1/s1. The van der Waals surface area contributed by atoms with E-state index in [1.54, 1.807) is 4.57 Å². The molecule has 0 saturated carbocycles. The minimum Gasteiger partial charge on any atom is -0.316 e. The summed E-state index contributed by atoms with van der Waals surface area (Å²) in [4.78, 5) is 12.8. The molecule has 1 saturated heterocycles. The predicted octanol–water partition coefficient (Wildman–Crippen LogP) is 1.91. The molecule has 5 nitrogen and oxygen atoms in total. The average molecular weight is 310 g/mol. The summed E-state index contributed by atoms with van der Waals surface area (Å²) >= 11 is 0. The molecule has 2 heterocycles. The summed E-state index contributed by atoms with van der Waals surface area (Å²) < 4.78 is 3.23. The van der Waals surface area contributed by atoms with Crippen molar-refractivity contribution in [2.24, 2.45) is 0 Å². The fraction of sp³-hybridized carbons (Fsp3) is 0.444. The molecule has 0 radical (unpaired) electrons. The Hall–Kier alpha value is -2.32. The van der Waals surface area contributed by atoms with Gasteiger partial charge >= 0.3 is 5.69 Å². The fourth-order valence-electron chi connectivity index (χ4n) is 2.94. The lowest BCUT2D eigenvalue weighted by molar-refractivity contribution is 0.440. The van der Waals surface area contributed by atoms with Gasteiger partial charge in [0, 0.05) is 18.9 Å². The first-order valence-electron chi connectivity index (χ1n) is 8.23. The summed E-state index contributed by atoms with van der Waals surface area (Å²) in [6.45, 7) is 4.25. The Labute approximate surface area is 136 Å². The molecule has 1 aromatic carbocycles. The molecule has 23 heavy (non-hydrogen) atoms. The second-order valence-electron chi connectivity index (χ2n) is 5.72. The van der Waals surface area contributed by atoms with E-state index >= 15 is 0 Å². The van der Waals surface area contributed by atoms with E-state index in [4.69, 9.17) is 0 Å². The van der Waals surface area contributed by atoms with Crippen LogP contribution in [-0.2, 0) is 6.54 Å². The first kappa shape index (κ1) is 15.6. The van der Waals surface area contributed by atoms with Crippen LogP contribution in [-0.4, -0.2) is 27.4 Å². The van der Waals surface area contributed by atoms with Gasteiger partial charge in [0.2, 0.25) is 0 Å². The summed E-state index contributed by atoms with van der Waals surface area (Å²) in [5, 5.41) is 8.01. The molecule has 120 valence electrons. The number of piperidine rings is 1. The van der Waals surface area contributed by atoms with Crippen LogP contribution >= 0.6 is 0 Å². The van der Waals surface area contributed by atoms with Crippen molar-refractivity contribution in [2.45, 2.75) is 38.6 Å². The Morgan fingerprint density at radius 3 is 2.83 bits per heavy atom. The minimum atomic E-state index is -0.109. The predicted molar refractivity (Wildman–Crippen MR) is 90.7 cm³/mol. The molecule has 1 fully saturated rings. The molecule has 5 heteroatoms. The number of para-hydroxylation sites is 1. The number of rotatable bonds is 3. The van der Waals surface area contributed by atoms with Crippen molar-refractivity contribution in [3.63, 3.8) is 0 Å². The van der Waals surface area contributed by atoms with E-state index in [9.17, 15) is 4.79 Å². The highest BCUT2D eigenvalue weighted by molar-refractivity contribution is 5.33. The van der Waals surface area contributed by atoms with Gasteiger partial charge in [-0.2, -0.15) is 5.10 Å². The van der Waals surface area contributed by atoms with Crippen LogP contribution in [0.3, 0.4) is 0 Å². The van der Waals surface area contributed by atoms with Gasteiger partial charge in [0.25, 0.3) is 0 Å². The monoisotopic (exact) mass is 310 g/mol. The van der Waals surface area contributed by atoms with E-state index in [1.165, 1.54) is 4.68 Å². The van der Waals surface area contributed by atoms with E-state index in [1.807, 2.05) is 37.3 Å². The molecule has 0 bridgehead atoms. The van der Waals surface area contributed by atoms with Crippen molar-refractivity contribution in [3.05, 3.63) is 46.6 Å². The van der Waals surface area contributed by atoms with Crippen LogP contribution in [0.25, 0.3) is 5.69 Å². The highest BCUT2D eigenvalue weighted by Crippen LogP contribution is 2.22. The molecular formula is C18H22N4O. The van der Waals surface area contributed by atoms with Crippen LogP contribution in [0.15, 0.2) is 35.1 Å². The summed E-state index contributed by atoms with van der Waals surface area (Å²) in [5.74, 6) is 7.11. The number of nitrogens with one attached hydrogen (secondary N) is 1. The van der Waals surface area contributed by atoms with Crippen molar-refractivity contribution < 1.29 is 0 Å². The molecule has 3 rings (SSSR count). The molecule has 0 aliphatic carbocycles. The van der Waals surface area contributed by atoms with Crippen molar-refractivity contribution in [2.75, 3.05) is 13.1 Å². The lowest BCUT2D eigenvalue weighted by Gasteiger charge is -2.22. The third-order valence-electron chi connectivity index (χ3n) is 4.07. The van der Waals surface area contributed by atoms with Gasteiger partial charge in [-0.05, 0) is 31.5 Å². The summed E-state index contributed by atoms with van der Waals surface area (Å²) in [6.07, 6.45) is 2.95. The van der Waals surface area contributed by atoms with Gasteiger partial charge in [0.05, 0.1) is 5.69 Å². The molecule has 1 aromatic heterocycles. The largest absolute Gasteiger partial charge is 0.351 e. The molecule has 0 amide bonds. The molecule has 0 spiro atoms. The summed E-state index contributed by atoms with van der Waals surface area (Å²) in [7, 11) is 0. The Kier molecular flexibility index (Phi) is 4.94. The minimum absolute atomic E-state index is 0.109. The van der Waals surface area contributed by atoms with Gasteiger partial charge in [-0.15, -0.1) is 5.92 Å². The van der Waals surface area contributed by atoms with E-state index in [0.29, 0.717) is 6.54 Å². The Morgan fingerprint density at radius 1 is 1.30 bits per heavy atom. The van der Waals surface area contributed by atoms with E-state index in [2.05, 4.69) is 22.3 Å². The number of nitrogens with zero attached hydrogens (tertiary/aromatic N) is 3. The van der Waals surface area contributed by atoms with Gasteiger partial charge in [-0.3, -0.25) is 0 Å². The first-order valence-corrected chi connectivity index (χ1v) is 8.23. The maximum atomic E-state index is 12.8. The van der Waals surface area contributed by atoms with Gasteiger partial charge in [-0.25, -0.2) is 14.0 Å². The Morgan fingerprint density at radius 2 is 2.13 bits per heavy atom. The van der Waals surface area contributed by atoms with Crippen molar-refractivity contribution in [1.82, 2.24) is 19.7 Å². The van der Waals surface area contributed by atoms with Gasteiger partial charge in [-0.1, -0.05) is 31.0 Å². The fourth-order valence-corrected chi connectivity index (χ4v) is 2.94. The zero-order chi connectivity index (χ0) is 16.1. The lowest BCUT2D eigenvalue weighted by atomic mass is 9.99. The molecule has 1 aliphatic rings. The highest BCUT2D eigenvalue weighted by Gasteiger charge is 2.24. The van der Waals surface area contributed by atoms with Gasteiger partial charge in [0.15, 0.2) is 0 Å². The van der Waals surface area contributed by atoms with Crippen molar-refractivity contribution in [3.8, 4) is 17.5 Å². The van der Waals surface area contributed by atoms with Crippen LogP contribution in [0.5, 0.6) is 0 Å². The lowest BCUT2D eigenvalue weighted by Crippen LogP contribution is -2.31. The van der Waals surface area contributed by atoms with Crippen LogP contribution in [0.1, 0.15) is 37.9 Å². The first-order chi connectivity index (χ1) is 11.3. The molecule has 1 atom stereocenters. The maximum absolute atomic E-state index is 12.8. The normalized spacial score (nSPS) is 17.5. The van der Waals surface area contributed by atoms with Crippen molar-refractivity contribution in [1.29, 1.82) is 0 Å². The van der Waals surface area contributed by atoms with E-state index in [-0.39, 0.29) is 11.6 Å². The maximum Gasteiger partial charge on any atom is 0.351 e. The Bertz CT molecular complexity index is 758. The van der Waals surface area contributed by atoms with Gasteiger partial charge in [0.1, 0.15) is 12.4 Å². The van der Waals surface area contributed by atoms with Crippen LogP contribution in [0.2, 0.25) is 0 Å². The number of hydrogen-bond donors (Lipinski definition) is 1. The molecule has 1 N–H and O–H groups in total. The average Bonchev–Trinajstić information content (AvgIpc) is 2.93. The molecular weight excluding hydrogens is 288 g/mol. The summed E-state index contributed by atoms with van der Waals surface area (Å²) in [6, 6.07) is 9.74. The van der Waals surface area contributed by atoms with Gasteiger partial charge < -0.3 is 5.32 Å². The smallest absolute Gasteiger partial charge is 0.316 e. The van der Waals surface area contributed by atoms with E-state index < -0.39 is 0 Å². The SMILES string of the molecule is CCC#CCn1nc([C@@H]2CCCNC2)n(-c2ccccc2)c1=O. The number of benzene rings is 1. The van der Waals surface area contributed by atoms with Crippen LogP contribution in [0.4, 0.5) is 0 Å². The molecule has 1 aliphatic heterocycles. The number of hydrogen-bond acceptors (Lipinski definition) is 3. The second-order valence-corrected chi connectivity index (χ2v) is 5.72. The summed E-state index contributed by atoms with van der Waals surface area (Å²) in [5.41, 5.74) is 0.759. The third-order valence-corrected chi connectivity index (χ3v) is 4.07.